The van der Waals surface area contributed by atoms with Crippen molar-refractivity contribution in [1.29, 1.82) is 0 Å². The van der Waals surface area contributed by atoms with Gasteiger partial charge in [0.1, 0.15) is 5.69 Å². The Morgan fingerprint density at radius 3 is 2.42 bits per heavy atom. The Kier molecular flexibility index (Phi) is 3.57. The van der Waals surface area contributed by atoms with Gasteiger partial charge in [0, 0.05) is 10.6 Å². The molecule has 19 heavy (non-hydrogen) atoms. The fourth-order valence-electron chi connectivity index (χ4n) is 1.45. The van der Waals surface area contributed by atoms with Crippen molar-refractivity contribution in [2.24, 2.45) is 0 Å². The number of rotatable bonds is 2. The summed E-state index contributed by atoms with van der Waals surface area (Å²) in [4.78, 5) is 3.95. The first kappa shape index (κ1) is 13.5. The number of halogens is 3. The third kappa shape index (κ3) is 3.31. The number of pyridine rings is 1. The zero-order valence-electron chi connectivity index (χ0n) is 9.57. The summed E-state index contributed by atoms with van der Waals surface area (Å²) in [6, 6.07) is 7.22. The van der Waals surface area contributed by atoms with Crippen LogP contribution in [0.25, 0.3) is 0 Å². The van der Waals surface area contributed by atoms with Gasteiger partial charge in [-0.05, 0) is 30.3 Å². The van der Waals surface area contributed by atoms with E-state index < -0.39 is 11.9 Å². The maximum Gasteiger partial charge on any atom is 0.433 e. The molecule has 0 spiro atoms. The minimum Gasteiger partial charge on any atom is -0.399 e. The fourth-order valence-corrected chi connectivity index (χ4v) is 1.72. The Morgan fingerprint density at radius 1 is 1.16 bits per heavy atom. The lowest BCUT2D eigenvalue weighted by Crippen LogP contribution is -2.07. The number of anilines is 3. The lowest BCUT2D eigenvalue weighted by molar-refractivity contribution is -0.141. The molecule has 0 bridgehead atoms. The minimum absolute atomic E-state index is 0.438. The van der Waals surface area contributed by atoms with Gasteiger partial charge in [-0.25, -0.2) is 4.98 Å². The number of benzene rings is 1. The van der Waals surface area contributed by atoms with Gasteiger partial charge in [-0.3, -0.25) is 0 Å². The molecule has 1 aromatic heterocycles. The number of thiol groups is 1. The highest BCUT2D eigenvalue weighted by Crippen LogP contribution is 2.29. The number of nitrogen functional groups attached to an aromatic ring is 1. The van der Waals surface area contributed by atoms with Crippen molar-refractivity contribution in [2.75, 3.05) is 11.1 Å². The van der Waals surface area contributed by atoms with Crippen molar-refractivity contribution in [3.05, 3.63) is 42.2 Å². The molecule has 0 radical (unpaired) electrons. The molecule has 2 aromatic rings. The summed E-state index contributed by atoms with van der Waals surface area (Å²) in [7, 11) is 0. The number of nitrogens with zero attached hydrogens (tertiary/aromatic N) is 1. The Morgan fingerprint density at radius 2 is 1.89 bits per heavy atom. The van der Waals surface area contributed by atoms with E-state index in [2.05, 4.69) is 22.9 Å². The summed E-state index contributed by atoms with van der Waals surface area (Å²) in [5.74, 6) is 0. The number of hydrogen-bond donors (Lipinski definition) is 3. The van der Waals surface area contributed by atoms with Gasteiger partial charge in [0.05, 0.1) is 17.6 Å². The maximum absolute atomic E-state index is 12.3. The van der Waals surface area contributed by atoms with Gasteiger partial charge < -0.3 is 11.1 Å². The first-order chi connectivity index (χ1) is 8.86. The van der Waals surface area contributed by atoms with Crippen molar-refractivity contribution in [3.63, 3.8) is 0 Å². The van der Waals surface area contributed by atoms with Crippen LogP contribution >= 0.6 is 12.6 Å². The molecule has 3 N–H and O–H groups in total. The average molecular weight is 285 g/mol. The van der Waals surface area contributed by atoms with Crippen LogP contribution in [0.2, 0.25) is 0 Å². The standard InChI is InChI=1S/C12H10F3N3S/c13-12(14,15)11-4-2-8(6-17-11)18-9-3-1-7(16)5-10(9)19/h1-6,18-19H,16H2. The topological polar surface area (TPSA) is 50.9 Å². The Bertz CT molecular complexity index is 582. The maximum atomic E-state index is 12.3. The summed E-state index contributed by atoms with van der Waals surface area (Å²) >= 11 is 4.22. The first-order valence-electron chi connectivity index (χ1n) is 5.25. The summed E-state index contributed by atoms with van der Waals surface area (Å²) in [6.07, 6.45) is -3.32. The van der Waals surface area contributed by atoms with E-state index in [0.717, 1.165) is 12.3 Å². The summed E-state index contributed by atoms with van der Waals surface area (Å²) in [5, 5.41) is 2.92. The van der Waals surface area contributed by atoms with Crippen LogP contribution in [-0.2, 0) is 6.18 Å². The molecule has 1 aromatic carbocycles. The molecule has 0 aliphatic rings. The quantitative estimate of drug-likeness (QED) is 0.582. The molecule has 0 saturated carbocycles. The monoisotopic (exact) mass is 285 g/mol. The molecule has 0 unspecified atom stereocenters. The summed E-state index contributed by atoms with van der Waals surface area (Å²) in [5.41, 5.74) is 6.28. The van der Waals surface area contributed by atoms with Crippen LogP contribution in [0.3, 0.4) is 0 Å². The van der Waals surface area contributed by atoms with E-state index in [1.54, 1.807) is 18.2 Å². The van der Waals surface area contributed by atoms with Crippen molar-refractivity contribution in [2.45, 2.75) is 11.1 Å². The number of alkyl halides is 3. The molecule has 2 rings (SSSR count). The van der Waals surface area contributed by atoms with Gasteiger partial charge in [0.25, 0.3) is 0 Å². The minimum atomic E-state index is -4.44. The highest BCUT2D eigenvalue weighted by molar-refractivity contribution is 7.80. The zero-order chi connectivity index (χ0) is 14.0. The highest BCUT2D eigenvalue weighted by atomic mass is 32.1. The van der Waals surface area contributed by atoms with Gasteiger partial charge >= 0.3 is 6.18 Å². The predicted molar refractivity (Wildman–Crippen MR) is 70.6 cm³/mol. The van der Waals surface area contributed by atoms with Crippen LogP contribution in [0.1, 0.15) is 5.69 Å². The van der Waals surface area contributed by atoms with E-state index in [0.29, 0.717) is 22.0 Å². The number of nitrogens with two attached hydrogens (primary N) is 1. The Balaban J connectivity index is 2.20. The van der Waals surface area contributed by atoms with Crippen molar-refractivity contribution in [3.8, 4) is 0 Å². The van der Waals surface area contributed by atoms with Gasteiger partial charge in [-0.2, -0.15) is 13.2 Å². The summed E-state index contributed by atoms with van der Waals surface area (Å²) < 4.78 is 37.0. The largest absolute Gasteiger partial charge is 0.433 e. The summed E-state index contributed by atoms with van der Waals surface area (Å²) in [6.45, 7) is 0. The van der Waals surface area contributed by atoms with Crippen LogP contribution in [0.4, 0.5) is 30.2 Å². The molecular weight excluding hydrogens is 275 g/mol. The molecule has 7 heteroatoms. The first-order valence-corrected chi connectivity index (χ1v) is 5.70. The van der Waals surface area contributed by atoms with Gasteiger partial charge in [0.15, 0.2) is 0 Å². The molecule has 3 nitrogen and oxygen atoms in total. The van der Waals surface area contributed by atoms with Crippen LogP contribution in [0.5, 0.6) is 0 Å². The number of nitrogens with one attached hydrogen (secondary N) is 1. The van der Waals surface area contributed by atoms with E-state index in [1.807, 2.05) is 0 Å². The van der Waals surface area contributed by atoms with Crippen molar-refractivity contribution >= 4 is 29.7 Å². The normalized spacial score (nSPS) is 11.4. The van der Waals surface area contributed by atoms with E-state index in [-0.39, 0.29) is 0 Å². The average Bonchev–Trinajstić information content (AvgIpc) is 2.32. The van der Waals surface area contributed by atoms with E-state index in [9.17, 15) is 13.2 Å². The van der Waals surface area contributed by atoms with Crippen LogP contribution in [-0.4, -0.2) is 4.98 Å². The second-order valence-electron chi connectivity index (χ2n) is 3.83. The molecule has 100 valence electrons. The van der Waals surface area contributed by atoms with Gasteiger partial charge in [-0.1, -0.05) is 0 Å². The Labute approximate surface area is 113 Å². The molecule has 0 amide bonds. The Hall–Kier alpha value is -1.89. The van der Waals surface area contributed by atoms with Crippen molar-refractivity contribution in [1.82, 2.24) is 4.98 Å². The van der Waals surface area contributed by atoms with Crippen LogP contribution in [0.15, 0.2) is 41.4 Å². The predicted octanol–water partition coefficient (Wildman–Crippen LogP) is 3.71. The molecule has 0 saturated heterocycles. The highest BCUT2D eigenvalue weighted by Gasteiger charge is 2.31. The molecule has 0 fully saturated rings. The molecule has 1 heterocycles. The molecule has 0 aliphatic carbocycles. The lowest BCUT2D eigenvalue weighted by atomic mass is 10.2. The van der Waals surface area contributed by atoms with E-state index in [1.165, 1.54) is 6.07 Å². The zero-order valence-corrected chi connectivity index (χ0v) is 10.5. The third-order valence-electron chi connectivity index (χ3n) is 2.35. The second-order valence-corrected chi connectivity index (χ2v) is 4.31. The van der Waals surface area contributed by atoms with E-state index in [4.69, 9.17) is 5.73 Å². The number of hydrogen-bond acceptors (Lipinski definition) is 4. The number of aromatic nitrogens is 1. The molecular formula is C12H10F3N3S. The molecule has 0 atom stereocenters. The molecule has 0 aliphatic heterocycles. The van der Waals surface area contributed by atoms with E-state index >= 15 is 0 Å². The third-order valence-corrected chi connectivity index (χ3v) is 2.72. The fraction of sp³-hybridized carbons (Fsp3) is 0.0833. The SMILES string of the molecule is Nc1ccc(Nc2ccc(C(F)(F)F)nc2)c(S)c1. The lowest BCUT2D eigenvalue weighted by Gasteiger charge is -2.10. The van der Waals surface area contributed by atoms with Gasteiger partial charge in [0.2, 0.25) is 0 Å². The second kappa shape index (κ2) is 5.00. The van der Waals surface area contributed by atoms with Crippen LogP contribution in [0, 0.1) is 0 Å². The van der Waals surface area contributed by atoms with Crippen LogP contribution < -0.4 is 11.1 Å². The smallest absolute Gasteiger partial charge is 0.399 e. The van der Waals surface area contributed by atoms with Gasteiger partial charge in [-0.15, -0.1) is 12.6 Å². The van der Waals surface area contributed by atoms with Crippen molar-refractivity contribution < 1.29 is 13.2 Å².